The molecule has 0 spiro atoms. The zero-order valence-electron chi connectivity index (χ0n) is 17.3. The van der Waals surface area contributed by atoms with Gasteiger partial charge in [0.2, 0.25) is 0 Å². The molecule has 1 N–H and O–H groups in total. The molecule has 0 atom stereocenters. The van der Waals surface area contributed by atoms with E-state index in [1.165, 1.54) is 18.2 Å². The molecule has 0 unspecified atom stereocenters. The predicted molar refractivity (Wildman–Crippen MR) is 113 cm³/mol. The van der Waals surface area contributed by atoms with Gasteiger partial charge in [-0.2, -0.15) is 0 Å². The van der Waals surface area contributed by atoms with Crippen molar-refractivity contribution in [3.63, 3.8) is 0 Å². The van der Waals surface area contributed by atoms with Crippen LogP contribution < -0.4 is 10.1 Å². The minimum absolute atomic E-state index is 0.0695. The van der Waals surface area contributed by atoms with Crippen LogP contribution in [-0.4, -0.2) is 60.6 Å². The normalized spacial score (nSPS) is 17.6. The largest absolute Gasteiger partial charge is 0.484 e. The fourth-order valence-corrected chi connectivity index (χ4v) is 3.39. The number of morpholine rings is 1. The van der Waals surface area contributed by atoms with E-state index in [2.05, 4.69) is 5.32 Å². The van der Waals surface area contributed by atoms with Crippen molar-refractivity contribution in [1.29, 1.82) is 0 Å². The summed E-state index contributed by atoms with van der Waals surface area (Å²) < 4.78 is 24.6. The maximum atomic E-state index is 13.9. The fourth-order valence-electron chi connectivity index (χ4n) is 3.39. The van der Waals surface area contributed by atoms with Crippen molar-refractivity contribution < 1.29 is 28.2 Å². The number of nitrogens with one attached hydrogen (secondary N) is 1. The summed E-state index contributed by atoms with van der Waals surface area (Å²) in [6.07, 6.45) is 1.53. The van der Waals surface area contributed by atoms with Crippen molar-refractivity contribution in [3.8, 4) is 5.75 Å². The Balaban J connectivity index is 1.36. The van der Waals surface area contributed by atoms with E-state index in [0.29, 0.717) is 37.6 Å². The van der Waals surface area contributed by atoms with Gasteiger partial charge >= 0.3 is 6.03 Å². The Morgan fingerprint density at radius 1 is 1.09 bits per heavy atom. The molecule has 2 saturated heterocycles. The standard InChI is InChI=1S/C23H22FN3O5/c24-19-4-2-1-3-17(19)14-27-22(29)20(25-23(27)30)13-16-5-7-18(8-6-16)32-15-21(28)26-9-11-31-12-10-26/h1-8,13H,9-12,14-15H2,(H,25,30)/b20-13-. The number of halogens is 1. The lowest BCUT2D eigenvalue weighted by Crippen LogP contribution is -2.42. The third kappa shape index (κ3) is 4.94. The highest BCUT2D eigenvalue weighted by atomic mass is 19.1. The van der Waals surface area contributed by atoms with Crippen LogP contribution in [0.15, 0.2) is 54.2 Å². The van der Waals surface area contributed by atoms with E-state index >= 15 is 0 Å². The van der Waals surface area contributed by atoms with Crippen molar-refractivity contribution in [2.45, 2.75) is 6.54 Å². The Kier molecular flexibility index (Phi) is 6.46. The van der Waals surface area contributed by atoms with E-state index in [4.69, 9.17) is 9.47 Å². The number of benzene rings is 2. The van der Waals surface area contributed by atoms with E-state index in [1.807, 2.05) is 0 Å². The lowest BCUT2D eigenvalue weighted by Gasteiger charge is -2.26. The van der Waals surface area contributed by atoms with Gasteiger partial charge in [-0.1, -0.05) is 30.3 Å². The van der Waals surface area contributed by atoms with Gasteiger partial charge in [-0.05, 0) is 29.8 Å². The van der Waals surface area contributed by atoms with Gasteiger partial charge in [0.1, 0.15) is 17.3 Å². The molecule has 32 heavy (non-hydrogen) atoms. The van der Waals surface area contributed by atoms with Gasteiger partial charge in [0.15, 0.2) is 6.61 Å². The number of carbonyl (C=O) groups is 3. The first-order valence-corrected chi connectivity index (χ1v) is 10.2. The molecule has 2 aliphatic heterocycles. The molecule has 8 nitrogen and oxygen atoms in total. The molecule has 0 bridgehead atoms. The van der Waals surface area contributed by atoms with Crippen LogP contribution in [0.5, 0.6) is 5.75 Å². The number of hydrogen-bond acceptors (Lipinski definition) is 5. The van der Waals surface area contributed by atoms with Crippen LogP contribution in [0.4, 0.5) is 9.18 Å². The van der Waals surface area contributed by atoms with Crippen LogP contribution in [0.1, 0.15) is 11.1 Å². The first-order chi connectivity index (χ1) is 15.5. The molecule has 2 aliphatic rings. The minimum Gasteiger partial charge on any atom is -0.484 e. The fraction of sp³-hybridized carbons (Fsp3) is 0.261. The number of carbonyl (C=O) groups excluding carboxylic acids is 3. The average Bonchev–Trinajstić information content (AvgIpc) is 3.07. The number of nitrogens with zero attached hydrogens (tertiary/aromatic N) is 2. The monoisotopic (exact) mass is 439 g/mol. The van der Waals surface area contributed by atoms with E-state index < -0.39 is 17.8 Å². The van der Waals surface area contributed by atoms with Crippen LogP contribution >= 0.6 is 0 Å². The molecule has 0 saturated carbocycles. The topological polar surface area (TPSA) is 88.2 Å². The second-order valence-electron chi connectivity index (χ2n) is 7.32. The number of hydrogen-bond donors (Lipinski definition) is 1. The van der Waals surface area contributed by atoms with Gasteiger partial charge in [-0.3, -0.25) is 14.5 Å². The second kappa shape index (κ2) is 9.61. The summed E-state index contributed by atoms with van der Waals surface area (Å²) in [5.74, 6) is -0.603. The van der Waals surface area contributed by atoms with Gasteiger partial charge in [0.25, 0.3) is 11.8 Å². The molecular weight excluding hydrogens is 417 g/mol. The number of imide groups is 1. The lowest BCUT2D eigenvalue weighted by atomic mass is 10.1. The van der Waals surface area contributed by atoms with Crippen LogP contribution in [-0.2, 0) is 20.9 Å². The Morgan fingerprint density at radius 2 is 1.81 bits per heavy atom. The average molecular weight is 439 g/mol. The lowest BCUT2D eigenvalue weighted by molar-refractivity contribution is -0.137. The van der Waals surface area contributed by atoms with Gasteiger partial charge in [-0.15, -0.1) is 0 Å². The summed E-state index contributed by atoms with van der Waals surface area (Å²) in [4.78, 5) is 39.6. The maximum Gasteiger partial charge on any atom is 0.329 e. The van der Waals surface area contributed by atoms with Crippen LogP contribution in [0.3, 0.4) is 0 Å². The summed E-state index contributed by atoms with van der Waals surface area (Å²) in [7, 11) is 0. The molecule has 166 valence electrons. The first-order valence-electron chi connectivity index (χ1n) is 10.2. The molecule has 2 aromatic rings. The molecule has 4 amide bonds. The highest BCUT2D eigenvalue weighted by Gasteiger charge is 2.33. The molecule has 2 fully saturated rings. The van der Waals surface area contributed by atoms with E-state index in [1.54, 1.807) is 41.3 Å². The van der Waals surface area contributed by atoms with Crippen molar-refractivity contribution >= 4 is 23.9 Å². The molecular formula is C23H22FN3O5. The SMILES string of the molecule is O=C(COc1ccc(/C=C2\NC(=O)N(Cc3ccccc3F)C2=O)cc1)N1CCOCC1. The third-order valence-corrected chi connectivity index (χ3v) is 5.17. The van der Waals surface area contributed by atoms with Crippen molar-refractivity contribution in [3.05, 3.63) is 71.2 Å². The Hall–Kier alpha value is -3.72. The van der Waals surface area contributed by atoms with Crippen molar-refractivity contribution in [1.82, 2.24) is 15.1 Å². The molecule has 2 heterocycles. The van der Waals surface area contributed by atoms with Gasteiger partial charge in [-0.25, -0.2) is 9.18 Å². The molecule has 9 heteroatoms. The van der Waals surface area contributed by atoms with Gasteiger partial charge in [0.05, 0.1) is 19.8 Å². The van der Waals surface area contributed by atoms with E-state index in [0.717, 1.165) is 4.90 Å². The highest BCUT2D eigenvalue weighted by Crippen LogP contribution is 2.20. The maximum absolute atomic E-state index is 13.9. The molecule has 0 aromatic heterocycles. The molecule has 4 rings (SSSR count). The summed E-state index contributed by atoms with van der Waals surface area (Å²) in [5, 5.41) is 2.52. The third-order valence-electron chi connectivity index (χ3n) is 5.17. The van der Waals surface area contributed by atoms with Gasteiger partial charge < -0.3 is 19.7 Å². The van der Waals surface area contributed by atoms with Crippen molar-refractivity contribution in [2.24, 2.45) is 0 Å². The van der Waals surface area contributed by atoms with Crippen LogP contribution in [0.2, 0.25) is 0 Å². The molecule has 0 radical (unpaired) electrons. The predicted octanol–water partition coefficient (Wildman–Crippen LogP) is 2.16. The first kappa shape index (κ1) is 21.5. The Labute approximate surface area is 184 Å². The highest BCUT2D eigenvalue weighted by molar-refractivity contribution is 6.13. The van der Waals surface area contributed by atoms with E-state index in [9.17, 15) is 18.8 Å². The second-order valence-corrected chi connectivity index (χ2v) is 7.32. The number of rotatable bonds is 6. The quantitative estimate of drug-likeness (QED) is 0.551. The van der Waals surface area contributed by atoms with E-state index in [-0.39, 0.29) is 30.3 Å². The zero-order chi connectivity index (χ0) is 22.5. The number of amides is 4. The number of urea groups is 1. The van der Waals surface area contributed by atoms with Crippen molar-refractivity contribution in [2.75, 3.05) is 32.9 Å². The Bertz CT molecular complexity index is 1050. The summed E-state index contributed by atoms with van der Waals surface area (Å²) in [6, 6.07) is 12.2. The minimum atomic E-state index is -0.605. The zero-order valence-corrected chi connectivity index (χ0v) is 17.3. The Morgan fingerprint density at radius 3 is 2.53 bits per heavy atom. The molecule has 2 aromatic carbocycles. The smallest absolute Gasteiger partial charge is 0.329 e. The summed E-state index contributed by atoms with van der Waals surface area (Å²) in [5.41, 5.74) is 1.01. The van der Waals surface area contributed by atoms with Gasteiger partial charge in [0, 0.05) is 18.7 Å². The van der Waals surface area contributed by atoms with Crippen LogP contribution in [0, 0.1) is 5.82 Å². The van der Waals surface area contributed by atoms with Crippen LogP contribution in [0.25, 0.3) is 6.08 Å². The number of ether oxygens (including phenoxy) is 2. The summed E-state index contributed by atoms with van der Waals surface area (Å²) in [6.45, 7) is 1.95. The summed E-state index contributed by atoms with van der Waals surface area (Å²) >= 11 is 0. The molecule has 0 aliphatic carbocycles.